The molecule has 1 unspecified atom stereocenters. The molecule has 0 radical (unpaired) electrons. The number of hydrogen-bond donors (Lipinski definition) is 1. The summed E-state index contributed by atoms with van der Waals surface area (Å²) in [6.45, 7) is 4.83. The van der Waals surface area contributed by atoms with Gasteiger partial charge in [0.1, 0.15) is 5.75 Å². The molecule has 0 bridgehead atoms. The Hall–Kier alpha value is -2.81. The van der Waals surface area contributed by atoms with Crippen LogP contribution in [0.5, 0.6) is 5.75 Å². The van der Waals surface area contributed by atoms with Crippen molar-refractivity contribution >= 4 is 27.3 Å². The number of carbonyl (C=O) groups is 1. The molecule has 186 valence electrons. The molecule has 1 fully saturated rings. The van der Waals surface area contributed by atoms with Gasteiger partial charge >= 0.3 is 0 Å². The number of sulfone groups is 1. The molecule has 0 saturated carbocycles. The van der Waals surface area contributed by atoms with Crippen molar-refractivity contribution in [2.75, 3.05) is 26.2 Å². The van der Waals surface area contributed by atoms with E-state index < -0.39 is 15.7 Å². The van der Waals surface area contributed by atoms with Gasteiger partial charge in [-0.2, -0.15) is 0 Å². The number of benzene rings is 2. The SMILES string of the molecule is CCOc1ccc(C(CNC(=O)c2ccc(S(=O)(=O)c3ccc(Cl)cc3)o2)N2CCCCC2)cc1. The highest BCUT2D eigenvalue weighted by Crippen LogP contribution is 2.27. The van der Waals surface area contributed by atoms with Crippen LogP contribution in [0, 0.1) is 0 Å². The zero-order chi connectivity index (χ0) is 24.8. The number of nitrogens with one attached hydrogen (secondary N) is 1. The first-order valence-electron chi connectivity index (χ1n) is 11.7. The molecule has 2 heterocycles. The largest absolute Gasteiger partial charge is 0.494 e. The zero-order valence-electron chi connectivity index (χ0n) is 19.6. The quantitative estimate of drug-likeness (QED) is 0.424. The standard InChI is InChI=1S/C26H29ClN2O5S/c1-2-33-21-10-6-19(7-11-21)23(29-16-4-3-5-17-29)18-28-26(30)24-14-15-25(34-24)35(31,32)22-12-8-20(27)9-13-22/h6-15,23H,2-5,16-18H2,1H3,(H,28,30). The lowest BCUT2D eigenvalue weighted by Gasteiger charge is -2.35. The molecule has 3 aromatic rings. The van der Waals surface area contributed by atoms with Crippen LogP contribution in [0.15, 0.2) is 75.1 Å². The van der Waals surface area contributed by atoms with Crippen LogP contribution < -0.4 is 10.1 Å². The van der Waals surface area contributed by atoms with Crippen molar-refractivity contribution in [1.82, 2.24) is 10.2 Å². The van der Waals surface area contributed by atoms with Crippen LogP contribution >= 0.6 is 11.6 Å². The summed E-state index contributed by atoms with van der Waals surface area (Å²) in [5.41, 5.74) is 1.08. The van der Waals surface area contributed by atoms with Crippen LogP contribution in [0.2, 0.25) is 5.02 Å². The molecule has 35 heavy (non-hydrogen) atoms. The number of halogens is 1. The normalized spacial score (nSPS) is 15.5. The van der Waals surface area contributed by atoms with E-state index in [9.17, 15) is 13.2 Å². The van der Waals surface area contributed by atoms with E-state index >= 15 is 0 Å². The van der Waals surface area contributed by atoms with Crippen LogP contribution in [-0.4, -0.2) is 45.5 Å². The predicted molar refractivity (Wildman–Crippen MR) is 134 cm³/mol. The molecule has 0 spiro atoms. The molecule has 9 heteroatoms. The molecular weight excluding hydrogens is 488 g/mol. The van der Waals surface area contributed by atoms with E-state index in [1.165, 1.54) is 42.8 Å². The third-order valence-corrected chi connectivity index (χ3v) is 7.95. The van der Waals surface area contributed by atoms with Crippen molar-refractivity contribution < 1.29 is 22.4 Å². The van der Waals surface area contributed by atoms with Gasteiger partial charge in [0, 0.05) is 11.6 Å². The van der Waals surface area contributed by atoms with Crippen LogP contribution in [0.3, 0.4) is 0 Å². The maximum atomic E-state index is 12.9. The molecule has 1 atom stereocenters. The molecular formula is C26H29ClN2O5S. The predicted octanol–water partition coefficient (Wildman–Crippen LogP) is 5.12. The number of piperidine rings is 1. The van der Waals surface area contributed by atoms with E-state index in [0.29, 0.717) is 18.2 Å². The fourth-order valence-corrected chi connectivity index (χ4v) is 5.53. The Labute approximate surface area is 210 Å². The lowest BCUT2D eigenvalue weighted by molar-refractivity contribution is 0.0892. The Balaban J connectivity index is 1.47. The van der Waals surface area contributed by atoms with Crippen LogP contribution in [0.4, 0.5) is 0 Å². The van der Waals surface area contributed by atoms with Gasteiger partial charge in [0.05, 0.1) is 17.5 Å². The monoisotopic (exact) mass is 516 g/mol. The minimum absolute atomic E-state index is 0.0119. The highest BCUT2D eigenvalue weighted by molar-refractivity contribution is 7.91. The topological polar surface area (TPSA) is 88.8 Å². The minimum Gasteiger partial charge on any atom is -0.494 e. The van der Waals surface area contributed by atoms with E-state index in [4.69, 9.17) is 20.8 Å². The molecule has 1 amide bonds. The minimum atomic E-state index is -3.89. The van der Waals surface area contributed by atoms with Crippen molar-refractivity contribution in [3.8, 4) is 5.75 Å². The molecule has 1 N–H and O–H groups in total. The van der Waals surface area contributed by atoms with Gasteiger partial charge in [0.25, 0.3) is 5.91 Å². The highest BCUT2D eigenvalue weighted by Gasteiger charge is 2.26. The van der Waals surface area contributed by atoms with Gasteiger partial charge in [-0.1, -0.05) is 30.2 Å². The van der Waals surface area contributed by atoms with Gasteiger partial charge in [-0.05, 0) is 86.9 Å². The summed E-state index contributed by atoms with van der Waals surface area (Å²) in [5.74, 6) is 0.291. The number of ether oxygens (including phenoxy) is 1. The van der Waals surface area contributed by atoms with E-state index in [0.717, 1.165) is 37.2 Å². The fraction of sp³-hybridized carbons (Fsp3) is 0.346. The molecule has 1 saturated heterocycles. The molecule has 2 aromatic carbocycles. The van der Waals surface area contributed by atoms with E-state index in [2.05, 4.69) is 10.2 Å². The van der Waals surface area contributed by atoms with Crippen LogP contribution in [0.1, 0.15) is 48.3 Å². The second-order valence-corrected chi connectivity index (χ2v) is 10.7. The summed E-state index contributed by atoms with van der Waals surface area (Å²) in [6.07, 6.45) is 3.44. The first kappa shape index (κ1) is 25.3. The number of rotatable bonds is 9. The lowest BCUT2D eigenvalue weighted by atomic mass is 10.0. The number of carbonyl (C=O) groups excluding carboxylic acids is 1. The number of amides is 1. The summed E-state index contributed by atoms with van der Waals surface area (Å²) in [6, 6.07) is 16.4. The van der Waals surface area contributed by atoms with Crippen molar-refractivity contribution in [1.29, 1.82) is 0 Å². The maximum absolute atomic E-state index is 12.9. The lowest BCUT2D eigenvalue weighted by Crippen LogP contribution is -2.40. The van der Waals surface area contributed by atoms with Crippen molar-refractivity contribution in [3.05, 3.63) is 77.0 Å². The van der Waals surface area contributed by atoms with Crippen molar-refractivity contribution in [2.24, 2.45) is 0 Å². The van der Waals surface area contributed by atoms with Crippen LogP contribution in [-0.2, 0) is 9.84 Å². The third-order valence-electron chi connectivity index (χ3n) is 6.06. The summed E-state index contributed by atoms with van der Waals surface area (Å²) in [7, 11) is -3.89. The van der Waals surface area contributed by atoms with Gasteiger partial charge in [-0.25, -0.2) is 8.42 Å². The summed E-state index contributed by atoms with van der Waals surface area (Å²) >= 11 is 5.85. The Kier molecular flexibility index (Phi) is 8.15. The van der Waals surface area contributed by atoms with Crippen LogP contribution in [0.25, 0.3) is 0 Å². The summed E-state index contributed by atoms with van der Waals surface area (Å²) in [5, 5.41) is 3.07. The van der Waals surface area contributed by atoms with Gasteiger partial charge in [-0.3, -0.25) is 9.69 Å². The molecule has 1 aliphatic rings. The number of likely N-dealkylation sites (tertiary alicyclic amines) is 1. The Bertz CT molecular complexity index is 1230. The van der Waals surface area contributed by atoms with Gasteiger partial charge < -0.3 is 14.5 Å². The highest BCUT2D eigenvalue weighted by atomic mass is 35.5. The van der Waals surface area contributed by atoms with Crippen molar-refractivity contribution in [3.63, 3.8) is 0 Å². The number of nitrogens with zero attached hydrogens (tertiary/aromatic N) is 1. The smallest absolute Gasteiger partial charge is 0.287 e. The Morgan fingerprint density at radius 3 is 2.37 bits per heavy atom. The Morgan fingerprint density at radius 1 is 1.03 bits per heavy atom. The van der Waals surface area contributed by atoms with Gasteiger partial charge in [0.2, 0.25) is 14.9 Å². The van der Waals surface area contributed by atoms with E-state index in [1.807, 2.05) is 31.2 Å². The second kappa shape index (κ2) is 11.3. The van der Waals surface area contributed by atoms with E-state index in [-0.39, 0.29) is 21.8 Å². The average Bonchev–Trinajstić information content (AvgIpc) is 3.38. The maximum Gasteiger partial charge on any atom is 0.287 e. The second-order valence-electron chi connectivity index (χ2n) is 8.40. The third kappa shape index (κ3) is 6.07. The number of furan rings is 1. The zero-order valence-corrected chi connectivity index (χ0v) is 21.1. The summed E-state index contributed by atoms with van der Waals surface area (Å²) < 4.78 is 36.7. The Morgan fingerprint density at radius 2 is 1.71 bits per heavy atom. The summed E-state index contributed by atoms with van der Waals surface area (Å²) in [4.78, 5) is 15.3. The number of hydrogen-bond acceptors (Lipinski definition) is 6. The van der Waals surface area contributed by atoms with E-state index in [1.54, 1.807) is 0 Å². The van der Waals surface area contributed by atoms with Gasteiger partial charge in [0.15, 0.2) is 5.76 Å². The average molecular weight is 517 g/mol. The first-order valence-corrected chi connectivity index (χ1v) is 13.6. The van der Waals surface area contributed by atoms with Crippen molar-refractivity contribution in [2.45, 2.75) is 42.2 Å². The molecule has 4 rings (SSSR count). The first-order chi connectivity index (χ1) is 16.9. The fourth-order valence-electron chi connectivity index (χ4n) is 4.23. The molecule has 1 aromatic heterocycles. The molecule has 0 aliphatic carbocycles. The molecule has 1 aliphatic heterocycles. The van der Waals surface area contributed by atoms with Gasteiger partial charge in [-0.15, -0.1) is 0 Å². The molecule has 7 nitrogen and oxygen atoms in total.